The van der Waals surface area contributed by atoms with Gasteiger partial charge in [0.1, 0.15) is 5.03 Å². The molecule has 0 atom stereocenters. The Morgan fingerprint density at radius 2 is 1.83 bits per heavy atom. The average molecular weight is 405 g/mol. The van der Waals surface area contributed by atoms with Crippen LogP contribution in [-0.4, -0.2) is 30.0 Å². The van der Waals surface area contributed by atoms with Gasteiger partial charge in [-0.05, 0) is 55.7 Å². The van der Waals surface area contributed by atoms with Crippen molar-refractivity contribution >= 4 is 11.8 Å². The second-order valence-corrected chi connectivity index (χ2v) is 8.33. The van der Waals surface area contributed by atoms with Gasteiger partial charge in [0.25, 0.3) is 0 Å². The molecular formula is C22H24N6S. The van der Waals surface area contributed by atoms with Gasteiger partial charge in [-0.3, -0.25) is 0 Å². The standard InChI is InChI=1S/C22H24N6S/c1-15(2)28-25-21(24-26-28)19-13-23-27(20-12-16(3)10-11-17(20)4)22(19)29-14-18-8-6-5-7-9-18/h5-13,15H,14H2,1-4H3. The van der Waals surface area contributed by atoms with Crippen molar-refractivity contribution in [2.75, 3.05) is 0 Å². The van der Waals surface area contributed by atoms with Gasteiger partial charge < -0.3 is 0 Å². The largest absolute Gasteiger partial charge is 0.226 e. The SMILES string of the molecule is Cc1ccc(C)c(-n2ncc(-c3nnn(C(C)C)n3)c2SCc2ccccc2)c1. The van der Waals surface area contributed by atoms with Crippen LogP contribution in [0.4, 0.5) is 0 Å². The summed E-state index contributed by atoms with van der Waals surface area (Å²) in [6, 6.07) is 17.0. The van der Waals surface area contributed by atoms with Crippen LogP contribution < -0.4 is 0 Å². The summed E-state index contributed by atoms with van der Waals surface area (Å²) in [6.45, 7) is 8.28. The monoisotopic (exact) mass is 404 g/mol. The highest BCUT2D eigenvalue weighted by atomic mass is 32.2. The van der Waals surface area contributed by atoms with Gasteiger partial charge >= 0.3 is 0 Å². The smallest absolute Gasteiger partial charge is 0.209 e. The molecule has 0 fully saturated rings. The van der Waals surface area contributed by atoms with Gasteiger partial charge in [-0.25, -0.2) is 4.68 Å². The number of nitrogens with zero attached hydrogens (tertiary/aromatic N) is 6. The number of thioether (sulfide) groups is 1. The highest BCUT2D eigenvalue weighted by Gasteiger charge is 2.20. The van der Waals surface area contributed by atoms with Crippen LogP contribution in [0.5, 0.6) is 0 Å². The highest BCUT2D eigenvalue weighted by molar-refractivity contribution is 7.98. The predicted molar refractivity (Wildman–Crippen MR) is 116 cm³/mol. The number of tetrazole rings is 1. The number of aryl methyl sites for hydroxylation is 2. The van der Waals surface area contributed by atoms with E-state index < -0.39 is 0 Å². The lowest BCUT2D eigenvalue weighted by molar-refractivity contribution is 0.455. The van der Waals surface area contributed by atoms with E-state index >= 15 is 0 Å². The molecular weight excluding hydrogens is 380 g/mol. The second-order valence-electron chi connectivity index (χ2n) is 7.37. The Morgan fingerprint density at radius 1 is 1.03 bits per heavy atom. The Balaban J connectivity index is 1.78. The first-order valence-electron chi connectivity index (χ1n) is 9.65. The molecule has 0 saturated heterocycles. The molecule has 2 aromatic carbocycles. The zero-order valence-corrected chi connectivity index (χ0v) is 17.9. The molecule has 0 aliphatic rings. The van der Waals surface area contributed by atoms with Gasteiger partial charge in [-0.15, -0.1) is 22.0 Å². The normalized spacial score (nSPS) is 11.3. The summed E-state index contributed by atoms with van der Waals surface area (Å²) >= 11 is 1.74. The molecule has 2 heterocycles. The summed E-state index contributed by atoms with van der Waals surface area (Å²) in [4.78, 5) is 1.64. The number of hydrogen-bond donors (Lipinski definition) is 0. The van der Waals surface area contributed by atoms with E-state index in [1.54, 1.807) is 16.6 Å². The number of rotatable bonds is 6. The number of hydrogen-bond acceptors (Lipinski definition) is 5. The molecule has 2 aromatic heterocycles. The molecule has 0 spiro atoms. The Hall–Kier alpha value is -2.93. The van der Waals surface area contributed by atoms with E-state index in [0.717, 1.165) is 22.0 Å². The zero-order chi connectivity index (χ0) is 20.4. The van der Waals surface area contributed by atoms with Gasteiger partial charge in [-0.1, -0.05) is 42.5 Å². The summed E-state index contributed by atoms with van der Waals surface area (Å²) in [5, 5.41) is 18.8. The summed E-state index contributed by atoms with van der Waals surface area (Å²) in [6.07, 6.45) is 1.84. The molecule has 0 amide bonds. The molecule has 29 heavy (non-hydrogen) atoms. The third-order valence-corrected chi connectivity index (χ3v) is 5.81. The number of aromatic nitrogens is 6. The molecule has 0 N–H and O–H groups in total. The molecule has 4 aromatic rings. The van der Waals surface area contributed by atoms with Gasteiger partial charge in [0.05, 0.1) is 23.5 Å². The maximum atomic E-state index is 4.71. The van der Waals surface area contributed by atoms with Crippen LogP contribution in [0.15, 0.2) is 59.8 Å². The summed E-state index contributed by atoms with van der Waals surface area (Å²) in [5.74, 6) is 1.44. The first-order valence-corrected chi connectivity index (χ1v) is 10.6. The van der Waals surface area contributed by atoms with E-state index in [0.29, 0.717) is 5.82 Å². The van der Waals surface area contributed by atoms with Crippen LogP contribution in [-0.2, 0) is 5.75 Å². The maximum absolute atomic E-state index is 4.71. The van der Waals surface area contributed by atoms with Gasteiger partial charge in [0.15, 0.2) is 0 Å². The lowest BCUT2D eigenvalue weighted by Crippen LogP contribution is -2.04. The summed E-state index contributed by atoms with van der Waals surface area (Å²) < 4.78 is 2.00. The van der Waals surface area contributed by atoms with Crippen LogP contribution in [0.2, 0.25) is 0 Å². The van der Waals surface area contributed by atoms with Crippen LogP contribution in [0, 0.1) is 13.8 Å². The molecule has 0 bridgehead atoms. The predicted octanol–water partition coefficient (Wildman–Crippen LogP) is 5.02. The topological polar surface area (TPSA) is 61.4 Å². The van der Waals surface area contributed by atoms with E-state index in [1.165, 1.54) is 16.7 Å². The Kier molecular flexibility index (Phi) is 5.49. The third kappa shape index (κ3) is 4.10. The van der Waals surface area contributed by atoms with Crippen molar-refractivity contribution in [3.8, 4) is 17.1 Å². The average Bonchev–Trinajstić information content (AvgIpc) is 3.36. The van der Waals surface area contributed by atoms with Crippen molar-refractivity contribution in [1.29, 1.82) is 0 Å². The minimum atomic E-state index is 0.158. The molecule has 7 heteroatoms. The molecule has 6 nitrogen and oxygen atoms in total. The Morgan fingerprint density at radius 3 is 2.55 bits per heavy atom. The van der Waals surface area contributed by atoms with E-state index in [1.807, 2.05) is 30.8 Å². The highest BCUT2D eigenvalue weighted by Crippen LogP contribution is 2.34. The molecule has 0 saturated carbocycles. The van der Waals surface area contributed by atoms with E-state index in [4.69, 9.17) is 5.10 Å². The van der Waals surface area contributed by atoms with E-state index in [9.17, 15) is 0 Å². The van der Waals surface area contributed by atoms with Crippen molar-refractivity contribution in [2.45, 2.75) is 44.5 Å². The van der Waals surface area contributed by atoms with Crippen LogP contribution >= 0.6 is 11.8 Å². The minimum absolute atomic E-state index is 0.158. The lowest BCUT2D eigenvalue weighted by Gasteiger charge is -2.12. The Labute approximate surface area is 175 Å². The van der Waals surface area contributed by atoms with Gasteiger partial charge in [0.2, 0.25) is 5.82 Å². The zero-order valence-electron chi connectivity index (χ0n) is 17.1. The second kappa shape index (κ2) is 8.21. The fourth-order valence-corrected chi connectivity index (χ4v) is 4.09. The van der Waals surface area contributed by atoms with Crippen molar-refractivity contribution < 1.29 is 0 Å². The van der Waals surface area contributed by atoms with Crippen LogP contribution in [0.3, 0.4) is 0 Å². The first-order chi connectivity index (χ1) is 14.0. The maximum Gasteiger partial charge on any atom is 0.209 e. The van der Waals surface area contributed by atoms with Gasteiger partial charge in [-0.2, -0.15) is 9.90 Å². The van der Waals surface area contributed by atoms with E-state index in [2.05, 4.69) is 71.7 Å². The molecule has 148 valence electrons. The molecule has 0 aliphatic carbocycles. The van der Waals surface area contributed by atoms with Crippen molar-refractivity contribution in [2.24, 2.45) is 0 Å². The number of benzene rings is 2. The fourth-order valence-electron chi connectivity index (χ4n) is 3.03. The van der Waals surface area contributed by atoms with Crippen LogP contribution in [0.1, 0.15) is 36.6 Å². The van der Waals surface area contributed by atoms with Crippen LogP contribution in [0.25, 0.3) is 17.1 Å². The fraction of sp³-hybridized carbons (Fsp3) is 0.273. The lowest BCUT2D eigenvalue weighted by atomic mass is 10.1. The van der Waals surface area contributed by atoms with Crippen molar-refractivity contribution in [1.82, 2.24) is 30.0 Å². The summed E-state index contributed by atoms with van der Waals surface area (Å²) in [5.41, 5.74) is 5.61. The quantitative estimate of drug-likeness (QED) is 0.423. The molecule has 0 unspecified atom stereocenters. The summed E-state index contributed by atoms with van der Waals surface area (Å²) in [7, 11) is 0. The van der Waals surface area contributed by atoms with Crippen molar-refractivity contribution in [3.63, 3.8) is 0 Å². The Bertz CT molecular complexity index is 1110. The van der Waals surface area contributed by atoms with E-state index in [-0.39, 0.29) is 6.04 Å². The molecule has 4 rings (SSSR count). The molecule has 0 radical (unpaired) electrons. The minimum Gasteiger partial charge on any atom is -0.226 e. The molecule has 0 aliphatic heterocycles. The first kappa shape index (κ1) is 19.4. The third-order valence-electron chi connectivity index (χ3n) is 4.67. The van der Waals surface area contributed by atoms with Crippen molar-refractivity contribution in [3.05, 3.63) is 71.4 Å². The van der Waals surface area contributed by atoms with Gasteiger partial charge in [0, 0.05) is 5.75 Å².